The number of nitrogens with zero attached hydrogens (tertiary/aromatic N) is 1. The molecule has 0 aliphatic carbocycles. The summed E-state index contributed by atoms with van der Waals surface area (Å²) < 4.78 is 5.12. The number of aryl methyl sites for hydroxylation is 2. The van der Waals surface area contributed by atoms with Gasteiger partial charge in [0.05, 0.1) is 17.9 Å². The molecule has 0 bridgehead atoms. The van der Waals surface area contributed by atoms with Crippen LogP contribution in [0, 0.1) is 13.8 Å². The molecule has 2 aromatic rings. The Bertz CT molecular complexity index is 1030. The maximum absolute atomic E-state index is 12.9. The number of anilines is 2. The summed E-state index contributed by atoms with van der Waals surface area (Å²) in [6.07, 6.45) is 0.719. The number of esters is 1. The largest absolute Gasteiger partial charge is 0.462 e. The van der Waals surface area contributed by atoms with Gasteiger partial charge in [-0.15, -0.1) is 0 Å². The molecule has 1 aliphatic rings. The van der Waals surface area contributed by atoms with Crippen molar-refractivity contribution in [2.45, 2.75) is 27.2 Å². The predicted molar refractivity (Wildman–Crippen MR) is 112 cm³/mol. The van der Waals surface area contributed by atoms with Gasteiger partial charge in [-0.3, -0.25) is 9.59 Å². The first-order valence-electron chi connectivity index (χ1n) is 9.23. The van der Waals surface area contributed by atoms with Crippen molar-refractivity contribution >= 4 is 40.8 Å². The highest BCUT2D eigenvalue weighted by Crippen LogP contribution is 2.31. The van der Waals surface area contributed by atoms with Gasteiger partial charge in [-0.05, 0) is 61.7 Å². The molecule has 1 N–H and O–H groups in total. The zero-order chi connectivity index (χ0) is 21.1. The van der Waals surface area contributed by atoms with Crippen LogP contribution in [-0.4, -0.2) is 24.4 Å². The summed E-state index contributed by atoms with van der Waals surface area (Å²) in [6, 6.07) is 11.8. The quantitative estimate of drug-likeness (QED) is 0.565. The number of imide groups is 1. The van der Waals surface area contributed by atoms with Gasteiger partial charge in [0, 0.05) is 5.69 Å². The minimum Gasteiger partial charge on any atom is -0.462 e. The van der Waals surface area contributed by atoms with E-state index in [0.717, 1.165) is 22.4 Å². The molecular formula is C22H21ClN2O4. The summed E-state index contributed by atoms with van der Waals surface area (Å²) in [5.74, 6) is -1.61. The second kappa shape index (κ2) is 8.49. The lowest BCUT2D eigenvalue weighted by atomic mass is 10.1. The van der Waals surface area contributed by atoms with Gasteiger partial charge >= 0.3 is 5.97 Å². The Morgan fingerprint density at radius 3 is 2.52 bits per heavy atom. The summed E-state index contributed by atoms with van der Waals surface area (Å²) in [5, 5.41) is 2.67. The van der Waals surface area contributed by atoms with Gasteiger partial charge in [-0.2, -0.15) is 0 Å². The smallest absolute Gasteiger partial charge is 0.338 e. The number of rotatable bonds is 6. The van der Waals surface area contributed by atoms with Gasteiger partial charge in [-0.1, -0.05) is 30.7 Å². The van der Waals surface area contributed by atoms with Crippen molar-refractivity contribution in [2.75, 3.05) is 16.8 Å². The number of ether oxygens (including phenoxy) is 1. The minimum atomic E-state index is -0.596. The van der Waals surface area contributed by atoms with Crippen molar-refractivity contribution in [3.8, 4) is 0 Å². The van der Waals surface area contributed by atoms with Crippen LogP contribution >= 0.6 is 11.6 Å². The number of benzene rings is 2. The lowest BCUT2D eigenvalue weighted by molar-refractivity contribution is -0.120. The van der Waals surface area contributed by atoms with Gasteiger partial charge in [-0.25, -0.2) is 9.69 Å². The highest BCUT2D eigenvalue weighted by molar-refractivity contribution is 6.53. The van der Waals surface area contributed by atoms with Gasteiger partial charge in [0.1, 0.15) is 10.7 Å². The van der Waals surface area contributed by atoms with Crippen molar-refractivity contribution in [2.24, 2.45) is 0 Å². The topological polar surface area (TPSA) is 75.7 Å². The van der Waals surface area contributed by atoms with E-state index < -0.39 is 17.8 Å². The first-order valence-corrected chi connectivity index (χ1v) is 9.61. The zero-order valence-corrected chi connectivity index (χ0v) is 17.2. The van der Waals surface area contributed by atoms with E-state index in [1.165, 1.54) is 0 Å². The number of hydrogen-bond donors (Lipinski definition) is 1. The monoisotopic (exact) mass is 412 g/mol. The average Bonchev–Trinajstić information content (AvgIpc) is 2.92. The van der Waals surface area contributed by atoms with Crippen molar-refractivity contribution in [1.29, 1.82) is 0 Å². The molecule has 0 atom stereocenters. The summed E-state index contributed by atoms with van der Waals surface area (Å²) in [5.41, 5.74) is 3.22. The Balaban J connectivity index is 1.84. The van der Waals surface area contributed by atoms with Crippen LogP contribution in [0.4, 0.5) is 11.4 Å². The van der Waals surface area contributed by atoms with E-state index in [2.05, 4.69) is 5.32 Å². The second-order valence-corrected chi connectivity index (χ2v) is 7.12. The molecule has 0 spiro atoms. The molecule has 0 saturated heterocycles. The van der Waals surface area contributed by atoms with Crippen molar-refractivity contribution in [1.82, 2.24) is 0 Å². The number of carbonyl (C=O) groups is 3. The Morgan fingerprint density at radius 2 is 1.83 bits per heavy atom. The van der Waals surface area contributed by atoms with Crippen LogP contribution < -0.4 is 10.2 Å². The van der Waals surface area contributed by atoms with E-state index in [0.29, 0.717) is 23.5 Å². The SMILES string of the molecule is CCCOC(=O)c1cccc(NC2=C(Cl)C(=O)N(c3ccc(C)c(C)c3)C2=O)c1. The van der Waals surface area contributed by atoms with E-state index in [9.17, 15) is 14.4 Å². The third kappa shape index (κ3) is 4.17. The van der Waals surface area contributed by atoms with Crippen LogP contribution in [0.3, 0.4) is 0 Å². The van der Waals surface area contributed by atoms with E-state index in [-0.39, 0.29) is 10.7 Å². The summed E-state index contributed by atoms with van der Waals surface area (Å²) >= 11 is 6.17. The molecule has 0 radical (unpaired) electrons. The molecule has 3 rings (SSSR count). The van der Waals surface area contributed by atoms with Crippen molar-refractivity contribution < 1.29 is 19.1 Å². The highest BCUT2D eigenvalue weighted by Gasteiger charge is 2.39. The molecule has 0 aromatic heterocycles. The fourth-order valence-corrected chi connectivity index (χ4v) is 3.07. The molecule has 2 aromatic carbocycles. The van der Waals surface area contributed by atoms with Gasteiger partial charge in [0.15, 0.2) is 0 Å². The molecule has 1 heterocycles. The third-order valence-corrected chi connectivity index (χ3v) is 4.93. The normalized spacial score (nSPS) is 13.9. The molecule has 150 valence electrons. The maximum Gasteiger partial charge on any atom is 0.338 e. The molecular weight excluding hydrogens is 392 g/mol. The molecule has 0 unspecified atom stereocenters. The van der Waals surface area contributed by atoms with Crippen LogP contribution in [0.25, 0.3) is 0 Å². The first kappa shape index (κ1) is 20.6. The number of carbonyl (C=O) groups excluding carboxylic acids is 3. The fraction of sp³-hybridized carbons (Fsp3) is 0.227. The maximum atomic E-state index is 12.9. The fourth-order valence-electron chi connectivity index (χ4n) is 2.86. The first-order chi connectivity index (χ1) is 13.8. The molecule has 1 aliphatic heterocycles. The Morgan fingerprint density at radius 1 is 1.07 bits per heavy atom. The minimum absolute atomic E-state index is 0.0334. The molecule has 2 amide bonds. The van der Waals surface area contributed by atoms with Crippen LogP contribution in [-0.2, 0) is 14.3 Å². The summed E-state index contributed by atoms with van der Waals surface area (Å²) in [6.45, 7) is 6.08. The Hall–Kier alpha value is -3.12. The standard InChI is InChI=1S/C22H21ClN2O4/c1-4-10-29-22(28)15-6-5-7-16(12-15)24-19-18(23)20(26)25(21(19)27)17-9-8-13(2)14(3)11-17/h5-9,11-12,24H,4,10H2,1-3H3. The zero-order valence-electron chi connectivity index (χ0n) is 16.4. The van der Waals surface area contributed by atoms with Crippen LogP contribution in [0.1, 0.15) is 34.8 Å². The third-order valence-electron chi connectivity index (χ3n) is 4.58. The number of nitrogens with one attached hydrogen (secondary N) is 1. The summed E-state index contributed by atoms with van der Waals surface area (Å²) in [4.78, 5) is 38.6. The molecule has 6 nitrogen and oxygen atoms in total. The Kier molecular flexibility index (Phi) is 6.03. The average molecular weight is 413 g/mol. The number of hydrogen-bond acceptors (Lipinski definition) is 5. The molecule has 0 saturated carbocycles. The summed E-state index contributed by atoms with van der Waals surface area (Å²) in [7, 11) is 0. The number of halogens is 1. The van der Waals surface area contributed by atoms with Crippen molar-refractivity contribution in [3.63, 3.8) is 0 Å². The van der Waals surface area contributed by atoms with E-state index in [4.69, 9.17) is 16.3 Å². The van der Waals surface area contributed by atoms with Crippen LogP contribution in [0.2, 0.25) is 0 Å². The van der Waals surface area contributed by atoms with Gasteiger partial charge in [0.2, 0.25) is 0 Å². The lowest BCUT2D eigenvalue weighted by Crippen LogP contribution is -2.32. The van der Waals surface area contributed by atoms with Gasteiger partial charge in [0.25, 0.3) is 11.8 Å². The van der Waals surface area contributed by atoms with E-state index >= 15 is 0 Å². The second-order valence-electron chi connectivity index (χ2n) is 6.74. The molecule has 7 heteroatoms. The van der Waals surface area contributed by atoms with E-state index in [1.807, 2.05) is 26.8 Å². The van der Waals surface area contributed by atoms with Crippen LogP contribution in [0.15, 0.2) is 53.2 Å². The predicted octanol–water partition coefficient (Wildman–Crippen LogP) is 4.31. The van der Waals surface area contributed by atoms with Gasteiger partial charge < -0.3 is 10.1 Å². The van der Waals surface area contributed by atoms with E-state index in [1.54, 1.807) is 36.4 Å². The molecule has 29 heavy (non-hydrogen) atoms. The highest BCUT2D eigenvalue weighted by atomic mass is 35.5. The molecule has 0 fully saturated rings. The van der Waals surface area contributed by atoms with Crippen molar-refractivity contribution in [3.05, 3.63) is 69.9 Å². The Labute approximate surface area is 174 Å². The lowest BCUT2D eigenvalue weighted by Gasteiger charge is -2.16. The van der Waals surface area contributed by atoms with Crippen LogP contribution in [0.5, 0.6) is 0 Å². The number of amides is 2.